The van der Waals surface area contributed by atoms with Crippen molar-refractivity contribution in [2.75, 3.05) is 12.0 Å². The lowest BCUT2D eigenvalue weighted by atomic mass is 9.98. The monoisotopic (exact) mass is 508 g/mol. The number of carbonyl (C=O) groups excluding carboxylic acids is 1. The Morgan fingerprint density at radius 3 is 2.53 bits per heavy atom. The molecule has 6 rings (SSSR count). The van der Waals surface area contributed by atoms with Crippen molar-refractivity contribution >= 4 is 22.7 Å². The van der Waals surface area contributed by atoms with Gasteiger partial charge >= 0.3 is 0 Å². The highest BCUT2D eigenvalue weighted by Crippen LogP contribution is 2.42. The third kappa shape index (κ3) is 3.96. The van der Waals surface area contributed by atoms with Crippen molar-refractivity contribution in [3.63, 3.8) is 0 Å². The molecule has 0 radical (unpaired) electrons. The van der Waals surface area contributed by atoms with Gasteiger partial charge in [0.2, 0.25) is 5.76 Å². The number of pyridine rings is 1. The number of carbonyl (C=O) groups is 1. The molecule has 1 atom stereocenters. The molecule has 188 valence electrons. The SMILES string of the molecule is COc1cc(C2c3c(oc4ccc(F)cc4c3=O)C(=O)N2c2ccccn2)ccc1OCc1ccccc1. The Balaban J connectivity index is 1.49. The van der Waals surface area contributed by atoms with Crippen LogP contribution in [-0.4, -0.2) is 18.0 Å². The fourth-order valence-corrected chi connectivity index (χ4v) is 4.70. The van der Waals surface area contributed by atoms with E-state index in [1.165, 1.54) is 24.1 Å². The zero-order valence-electron chi connectivity index (χ0n) is 20.3. The number of aromatic nitrogens is 1. The van der Waals surface area contributed by atoms with Crippen LogP contribution in [0.4, 0.5) is 10.2 Å². The fourth-order valence-electron chi connectivity index (χ4n) is 4.70. The molecule has 1 amide bonds. The van der Waals surface area contributed by atoms with Crippen LogP contribution < -0.4 is 19.8 Å². The van der Waals surface area contributed by atoms with Gasteiger partial charge in [0.15, 0.2) is 16.9 Å². The van der Waals surface area contributed by atoms with Gasteiger partial charge in [-0.15, -0.1) is 0 Å². The predicted octanol–water partition coefficient (Wildman–Crippen LogP) is 5.66. The summed E-state index contributed by atoms with van der Waals surface area (Å²) in [6, 6.07) is 22.9. The summed E-state index contributed by atoms with van der Waals surface area (Å²) in [6.07, 6.45) is 1.56. The number of hydrogen-bond acceptors (Lipinski definition) is 6. The number of anilines is 1. The van der Waals surface area contributed by atoms with E-state index in [0.29, 0.717) is 29.5 Å². The van der Waals surface area contributed by atoms with Crippen molar-refractivity contribution in [1.29, 1.82) is 0 Å². The van der Waals surface area contributed by atoms with Crippen molar-refractivity contribution < 1.29 is 23.1 Å². The summed E-state index contributed by atoms with van der Waals surface area (Å²) in [6.45, 7) is 0.336. The molecule has 0 spiro atoms. The van der Waals surface area contributed by atoms with Crippen molar-refractivity contribution in [2.24, 2.45) is 0 Å². The van der Waals surface area contributed by atoms with Crippen LogP contribution in [-0.2, 0) is 6.61 Å². The number of nitrogens with zero attached hydrogens (tertiary/aromatic N) is 2. The summed E-state index contributed by atoms with van der Waals surface area (Å²) in [5.41, 5.74) is 1.33. The summed E-state index contributed by atoms with van der Waals surface area (Å²) >= 11 is 0. The van der Waals surface area contributed by atoms with Crippen molar-refractivity contribution in [3.8, 4) is 11.5 Å². The Bertz CT molecular complexity index is 1720. The molecular formula is C30H21FN2O5. The molecule has 0 N–H and O–H groups in total. The largest absolute Gasteiger partial charge is 0.493 e. The Labute approximate surface area is 216 Å². The van der Waals surface area contributed by atoms with Gasteiger partial charge < -0.3 is 13.9 Å². The van der Waals surface area contributed by atoms with Gasteiger partial charge in [0, 0.05) is 6.20 Å². The van der Waals surface area contributed by atoms with Gasteiger partial charge in [0.25, 0.3) is 5.91 Å². The maximum Gasteiger partial charge on any atom is 0.296 e. The van der Waals surface area contributed by atoms with E-state index < -0.39 is 23.2 Å². The molecule has 3 aromatic carbocycles. The third-order valence-electron chi connectivity index (χ3n) is 6.47. The molecule has 7 nitrogen and oxygen atoms in total. The Morgan fingerprint density at radius 1 is 0.947 bits per heavy atom. The van der Waals surface area contributed by atoms with E-state index in [0.717, 1.165) is 11.6 Å². The Kier molecular flexibility index (Phi) is 5.84. The topological polar surface area (TPSA) is 81.9 Å². The van der Waals surface area contributed by atoms with Gasteiger partial charge in [-0.05, 0) is 53.6 Å². The van der Waals surface area contributed by atoms with Crippen LogP contribution in [0.3, 0.4) is 0 Å². The van der Waals surface area contributed by atoms with Crippen LogP contribution in [0.15, 0.2) is 100 Å². The van der Waals surface area contributed by atoms with Crippen LogP contribution in [0, 0.1) is 5.82 Å². The van der Waals surface area contributed by atoms with E-state index in [1.807, 2.05) is 30.3 Å². The van der Waals surface area contributed by atoms with Crippen LogP contribution in [0.2, 0.25) is 0 Å². The van der Waals surface area contributed by atoms with E-state index in [2.05, 4.69) is 4.98 Å². The lowest BCUT2D eigenvalue weighted by molar-refractivity contribution is 0.0970. The van der Waals surface area contributed by atoms with Gasteiger partial charge in [0.1, 0.15) is 23.8 Å². The lowest BCUT2D eigenvalue weighted by Crippen LogP contribution is -2.30. The molecule has 38 heavy (non-hydrogen) atoms. The Hall–Kier alpha value is -4.98. The highest BCUT2D eigenvalue weighted by Gasteiger charge is 2.44. The summed E-state index contributed by atoms with van der Waals surface area (Å²) in [4.78, 5) is 33.1. The summed E-state index contributed by atoms with van der Waals surface area (Å²) in [7, 11) is 1.52. The van der Waals surface area contributed by atoms with E-state index in [1.54, 1.807) is 42.6 Å². The molecule has 1 aliphatic rings. The highest BCUT2D eigenvalue weighted by atomic mass is 19.1. The zero-order chi connectivity index (χ0) is 26.2. The van der Waals surface area contributed by atoms with Gasteiger partial charge in [-0.2, -0.15) is 0 Å². The van der Waals surface area contributed by atoms with Gasteiger partial charge in [-0.3, -0.25) is 14.5 Å². The number of benzene rings is 3. The first-order chi connectivity index (χ1) is 18.5. The minimum atomic E-state index is -0.881. The number of fused-ring (bicyclic) bond motifs is 2. The molecule has 0 saturated heterocycles. The second-order valence-electron chi connectivity index (χ2n) is 8.76. The highest BCUT2D eigenvalue weighted by molar-refractivity contribution is 6.10. The van der Waals surface area contributed by atoms with Crippen molar-refractivity contribution in [2.45, 2.75) is 12.6 Å². The molecule has 2 aromatic heterocycles. The van der Waals surface area contributed by atoms with Gasteiger partial charge in [-0.25, -0.2) is 9.37 Å². The van der Waals surface area contributed by atoms with E-state index in [9.17, 15) is 14.0 Å². The molecule has 0 aliphatic carbocycles. The Morgan fingerprint density at radius 2 is 1.76 bits per heavy atom. The molecule has 1 aliphatic heterocycles. The number of amides is 1. The second kappa shape index (κ2) is 9.48. The molecule has 0 saturated carbocycles. The normalized spacial score (nSPS) is 14.5. The summed E-state index contributed by atoms with van der Waals surface area (Å²) in [5.74, 6) is 0.0717. The average molecular weight is 509 g/mol. The first-order valence-electron chi connectivity index (χ1n) is 11.9. The minimum absolute atomic E-state index is 0.0548. The first kappa shape index (κ1) is 23.4. The number of hydrogen-bond donors (Lipinski definition) is 0. The molecule has 8 heteroatoms. The fraction of sp³-hybridized carbons (Fsp3) is 0.100. The van der Waals surface area contributed by atoms with Crippen LogP contribution in [0.1, 0.15) is 33.3 Å². The predicted molar refractivity (Wildman–Crippen MR) is 139 cm³/mol. The van der Waals surface area contributed by atoms with Crippen molar-refractivity contribution in [1.82, 2.24) is 4.98 Å². The molecule has 0 bridgehead atoms. The zero-order valence-corrected chi connectivity index (χ0v) is 20.3. The number of methoxy groups -OCH3 is 1. The minimum Gasteiger partial charge on any atom is -0.493 e. The van der Waals surface area contributed by atoms with Crippen LogP contribution in [0.5, 0.6) is 11.5 Å². The standard InChI is InChI=1S/C30H21FN2O5/c1-36-24-15-19(10-12-23(24)37-17-18-7-3-2-4-8-18)27-26-28(34)21-16-20(31)11-13-22(21)38-29(26)30(35)33(27)25-9-5-6-14-32-25/h2-16,27H,17H2,1H3. The maximum atomic E-state index is 14.0. The van der Waals surface area contributed by atoms with Gasteiger partial charge in [0.05, 0.1) is 24.1 Å². The summed E-state index contributed by atoms with van der Waals surface area (Å²) < 4.78 is 31.5. The molecule has 5 aromatic rings. The van der Waals surface area contributed by atoms with Crippen LogP contribution in [0.25, 0.3) is 11.0 Å². The van der Waals surface area contributed by atoms with Crippen molar-refractivity contribution in [3.05, 3.63) is 130 Å². The lowest BCUT2D eigenvalue weighted by Gasteiger charge is -2.25. The number of rotatable bonds is 6. The maximum absolute atomic E-state index is 14.0. The molecule has 1 unspecified atom stereocenters. The van der Waals surface area contributed by atoms with Gasteiger partial charge in [-0.1, -0.05) is 42.5 Å². The second-order valence-corrected chi connectivity index (χ2v) is 8.76. The van der Waals surface area contributed by atoms with E-state index in [4.69, 9.17) is 13.9 Å². The third-order valence-corrected chi connectivity index (χ3v) is 6.47. The average Bonchev–Trinajstić information content (AvgIpc) is 3.25. The molecule has 3 heterocycles. The summed E-state index contributed by atoms with van der Waals surface area (Å²) in [5, 5.41) is 0.0548. The quantitative estimate of drug-likeness (QED) is 0.294. The first-order valence-corrected chi connectivity index (χ1v) is 11.9. The van der Waals surface area contributed by atoms with E-state index in [-0.39, 0.29) is 22.3 Å². The molecular weight excluding hydrogens is 487 g/mol. The smallest absolute Gasteiger partial charge is 0.296 e. The van der Waals surface area contributed by atoms with Crippen LogP contribution >= 0.6 is 0 Å². The number of ether oxygens (including phenoxy) is 2. The van der Waals surface area contributed by atoms with E-state index >= 15 is 0 Å². The molecule has 0 fully saturated rings. The number of halogens is 1.